The lowest BCUT2D eigenvalue weighted by Gasteiger charge is -2.30. The van der Waals surface area contributed by atoms with Crippen LogP contribution in [0.3, 0.4) is 0 Å². The highest BCUT2D eigenvalue weighted by Gasteiger charge is 2.54. The van der Waals surface area contributed by atoms with Crippen LogP contribution in [0.1, 0.15) is 67.2 Å². The molecule has 4 atom stereocenters. The molecule has 0 saturated heterocycles. The van der Waals surface area contributed by atoms with E-state index >= 15 is 0 Å². The molecule has 20 heavy (non-hydrogen) atoms. The lowest BCUT2D eigenvalue weighted by Crippen LogP contribution is -2.34. The number of hydrogen-bond donors (Lipinski definition) is 0. The summed E-state index contributed by atoms with van der Waals surface area (Å²) in [5.41, 5.74) is -0.0390. The Bertz CT molecular complexity index is 372. The summed E-state index contributed by atoms with van der Waals surface area (Å²) in [5.74, 6) is 1.23. The second-order valence-corrected chi connectivity index (χ2v) is 7.82. The highest BCUT2D eigenvalue weighted by molar-refractivity contribution is 5.75. The minimum absolute atomic E-state index is 0.157. The summed E-state index contributed by atoms with van der Waals surface area (Å²) in [6.45, 7) is 12.4. The van der Waals surface area contributed by atoms with Gasteiger partial charge in [-0.25, -0.2) is 0 Å². The molecule has 2 saturated carbocycles. The van der Waals surface area contributed by atoms with E-state index in [2.05, 4.69) is 13.8 Å². The average Bonchev–Trinajstić information content (AvgIpc) is 2.77. The maximum Gasteiger partial charge on any atom is 0.313 e. The molecular formula is C17H30O3. The van der Waals surface area contributed by atoms with Crippen molar-refractivity contribution in [3.8, 4) is 0 Å². The summed E-state index contributed by atoms with van der Waals surface area (Å²) in [7, 11) is 0. The predicted molar refractivity (Wildman–Crippen MR) is 79.1 cm³/mol. The first-order valence-electron chi connectivity index (χ1n) is 8.05. The fourth-order valence-corrected chi connectivity index (χ4v) is 3.84. The molecule has 0 aromatic carbocycles. The van der Waals surface area contributed by atoms with Crippen LogP contribution in [0.15, 0.2) is 0 Å². The second kappa shape index (κ2) is 5.32. The van der Waals surface area contributed by atoms with Gasteiger partial charge in [-0.2, -0.15) is 0 Å². The first-order chi connectivity index (χ1) is 9.18. The lowest BCUT2D eigenvalue weighted by molar-refractivity contribution is -0.199. The zero-order valence-corrected chi connectivity index (χ0v) is 13.9. The first kappa shape index (κ1) is 15.8. The van der Waals surface area contributed by atoms with E-state index in [1.54, 1.807) is 0 Å². The third-order valence-corrected chi connectivity index (χ3v) is 5.88. The van der Waals surface area contributed by atoms with Gasteiger partial charge >= 0.3 is 5.97 Å². The number of fused-ring (bicyclic) bond motifs is 2. The van der Waals surface area contributed by atoms with Crippen molar-refractivity contribution in [1.82, 2.24) is 0 Å². The largest absolute Gasteiger partial charge is 0.436 e. The van der Waals surface area contributed by atoms with Gasteiger partial charge in [-0.1, -0.05) is 20.8 Å². The molecule has 116 valence electrons. The van der Waals surface area contributed by atoms with Gasteiger partial charge in [0.25, 0.3) is 0 Å². The van der Waals surface area contributed by atoms with Crippen LogP contribution in [-0.4, -0.2) is 18.4 Å². The third-order valence-electron chi connectivity index (χ3n) is 5.88. The Morgan fingerprint density at radius 2 is 2.00 bits per heavy atom. The van der Waals surface area contributed by atoms with Gasteiger partial charge in [-0.3, -0.25) is 4.79 Å². The molecule has 0 amide bonds. The van der Waals surface area contributed by atoms with Crippen LogP contribution >= 0.6 is 0 Å². The van der Waals surface area contributed by atoms with E-state index in [9.17, 15) is 4.79 Å². The Morgan fingerprint density at radius 1 is 1.35 bits per heavy atom. The summed E-state index contributed by atoms with van der Waals surface area (Å²) < 4.78 is 11.5. The van der Waals surface area contributed by atoms with Gasteiger partial charge in [0, 0.05) is 0 Å². The van der Waals surface area contributed by atoms with Gasteiger partial charge in [0.15, 0.2) is 6.29 Å². The highest BCUT2D eigenvalue weighted by atomic mass is 16.7. The zero-order valence-electron chi connectivity index (χ0n) is 13.9. The van der Waals surface area contributed by atoms with Crippen LogP contribution in [0.25, 0.3) is 0 Å². The average molecular weight is 282 g/mol. The van der Waals surface area contributed by atoms with E-state index in [-0.39, 0.29) is 12.1 Å². The molecule has 4 unspecified atom stereocenters. The van der Waals surface area contributed by atoms with E-state index in [4.69, 9.17) is 9.47 Å². The number of hydrogen-bond acceptors (Lipinski definition) is 3. The standard InChI is InChI=1S/C17H30O3/c1-7-16(3,4)15(18)20-11(2)19-14-10-12-8-9-13(14)17(12,5)6/h11-14H,7-10H2,1-6H3. The number of carbonyl (C=O) groups is 1. The topological polar surface area (TPSA) is 35.5 Å². The van der Waals surface area contributed by atoms with E-state index in [1.165, 1.54) is 12.8 Å². The van der Waals surface area contributed by atoms with Gasteiger partial charge in [0.1, 0.15) is 0 Å². The Kier molecular flexibility index (Phi) is 4.21. The second-order valence-electron chi connectivity index (χ2n) is 7.82. The molecule has 0 heterocycles. The summed E-state index contributed by atoms with van der Waals surface area (Å²) >= 11 is 0. The molecule has 0 aromatic rings. The molecular weight excluding hydrogens is 252 g/mol. The Labute approximate surface area is 123 Å². The first-order valence-corrected chi connectivity index (χ1v) is 8.05. The number of rotatable bonds is 5. The molecule has 2 bridgehead atoms. The van der Waals surface area contributed by atoms with Crippen LogP contribution in [0.5, 0.6) is 0 Å². The van der Waals surface area contributed by atoms with Crippen LogP contribution in [-0.2, 0) is 14.3 Å². The van der Waals surface area contributed by atoms with E-state index < -0.39 is 11.7 Å². The summed E-state index contributed by atoms with van der Waals surface area (Å²) in [6, 6.07) is 0. The minimum atomic E-state index is -0.437. The molecule has 3 nitrogen and oxygen atoms in total. The Balaban J connectivity index is 1.88. The number of carbonyl (C=O) groups excluding carboxylic acids is 1. The monoisotopic (exact) mass is 282 g/mol. The molecule has 2 aliphatic carbocycles. The number of ether oxygens (including phenoxy) is 2. The highest BCUT2D eigenvalue weighted by Crippen LogP contribution is 2.58. The summed E-state index contributed by atoms with van der Waals surface area (Å²) in [6.07, 6.45) is 4.30. The Hall–Kier alpha value is -0.570. The zero-order chi connectivity index (χ0) is 15.1. The van der Waals surface area contributed by atoms with Crippen LogP contribution in [0, 0.1) is 22.7 Å². The van der Waals surface area contributed by atoms with Gasteiger partial charge in [-0.15, -0.1) is 0 Å². The van der Waals surface area contributed by atoms with Crippen molar-refractivity contribution in [2.45, 2.75) is 79.6 Å². The van der Waals surface area contributed by atoms with Crippen LogP contribution < -0.4 is 0 Å². The lowest BCUT2D eigenvalue weighted by atomic mass is 9.82. The maximum atomic E-state index is 12.1. The molecule has 0 aromatic heterocycles. The fourth-order valence-electron chi connectivity index (χ4n) is 3.84. The quantitative estimate of drug-likeness (QED) is 0.561. The fraction of sp³-hybridized carbons (Fsp3) is 0.941. The van der Waals surface area contributed by atoms with Gasteiger partial charge in [0.05, 0.1) is 11.5 Å². The minimum Gasteiger partial charge on any atom is -0.436 e. The smallest absolute Gasteiger partial charge is 0.313 e. The predicted octanol–water partition coefficient (Wildman–Crippen LogP) is 4.15. The normalized spacial score (nSPS) is 33.2. The molecule has 3 heteroatoms. The third kappa shape index (κ3) is 2.74. The summed E-state index contributed by atoms with van der Waals surface area (Å²) in [4.78, 5) is 12.1. The van der Waals surface area contributed by atoms with Gasteiger partial charge < -0.3 is 9.47 Å². The maximum absolute atomic E-state index is 12.1. The van der Waals surface area contributed by atoms with Gasteiger partial charge in [-0.05, 0) is 63.7 Å². The van der Waals surface area contributed by atoms with Crippen molar-refractivity contribution in [3.05, 3.63) is 0 Å². The number of esters is 1. The van der Waals surface area contributed by atoms with Crippen molar-refractivity contribution >= 4 is 5.97 Å². The molecule has 2 fully saturated rings. The van der Waals surface area contributed by atoms with Crippen molar-refractivity contribution in [1.29, 1.82) is 0 Å². The molecule has 2 aliphatic rings. The summed E-state index contributed by atoms with van der Waals surface area (Å²) in [5, 5.41) is 0. The van der Waals surface area contributed by atoms with Crippen LogP contribution in [0.2, 0.25) is 0 Å². The van der Waals surface area contributed by atoms with E-state index in [0.29, 0.717) is 11.3 Å². The molecule has 0 radical (unpaired) electrons. The van der Waals surface area contributed by atoms with Crippen molar-refractivity contribution in [3.63, 3.8) is 0 Å². The van der Waals surface area contributed by atoms with Crippen LogP contribution in [0.4, 0.5) is 0 Å². The Morgan fingerprint density at radius 3 is 2.45 bits per heavy atom. The van der Waals surface area contributed by atoms with Crippen molar-refractivity contribution in [2.24, 2.45) is 22.7 Å². The van der Waals surface area contributed by atoms with Crippen molar-refractivity contribution in [2.75, 3.05) is 0 Å². The molecule has 0 aliphatic heterocycles. The van der Waals surface area contributed by atoms with Gasteiger partial charge in [0.2, 0.25) is 0 Å². The molecule has 2 rings (SSSR count). The van der Waals surface area contributed by atoms with Crippen molar-refractivity contribution < 1.29 is 14.3 Å². The van der Waals surface area contributed by atoms with E-state index in [0.717, 1.165) is 18.8 Å². The molecule has 0 N–H and O–H groups in total. The van der Waals surface area contributed by atoms with E-state index in [1.807, 2.05) is 27.7 Å². The SMILES string of the molecule is CCC(C)(C)C(=O)OC(C)OC1CC2CCC1C2(C)C. The molecule has 0 spiro atoms.